The topological polar surface area (TPSA) is 82.5 Å². The van der Waals surface area contributed by atoms with Crippen molar-refractivity contribution in [2.45, 2.75) is 19.8 Å². The van der Waals surface area contributed by atoms with Crippen LogP contribution in [0.5, 0.6) is 0 Å². The van der Waals surface area contributed by atoms with Crippen molar-refractivity contribution in [3.63, 3.8) is 0 Å². The predicted octanol–water partition coefficient (Wildman–Crippen LogP) is 3.51. The molecule has 0 unspecified atom stereocenters. The van der Waals surface area contributed by atoms with Crippen LogP contribution in [0.4, 0.5) is 5.13 Å². The number of nitrogens with one attached hydrogen (secondary N) is 1. The molecule has 0 atom stereocenters. The number of carbonyl (C=O) groups is 2. The number of anilines is 1. The lowest BCUT2D eigenvalue weighted by Crippen LogP contribution is -2.40. The first kappa shape index (κ1) is 18.8. The zero-order chi connectivity index (χ0) is 18.7. The third-order valence-electron chi connectivity index (χ3n) is 4.46. The van der Waals surface area contributed by atoms with Crippen molar-refractivity contribution >= 4 is 39.9 Å². The second-order valence-electron chi connectivity index (χ2n) is 6.37. The monoisotopic (exact) mass is 393 g/mol. The molecule has 1 amide bonds. The summed E-state index contributed by atoms with van der Waals surface area (Å²) < 4.78 is 0. The smallest absolute Gasteiger partial charge is 0.306 e. The number of thiazole rings is 1. The van der Waals surface area contributed by atoms with Crippen molar-refractivity contribution in [3.05, 3.63) is 34.2 Å². The minimum Gasteiger partial charge on any atom is -0.481 e. The Labute approximate surface area is 160 Å². The van der Waals surface area contributed by atoms with Crippen LogP contribution < -0.4 is 5.32 Å². The van der Waals surface area contributed by atoms with E-state index >= 15 is 0 Å². The van der Waals surface area contributed by atoms with Crippen LogP contribution in [0.25, 0.3) is 11.3 Å². The van der Waals surface area contributed by atoms with Gasteiger partial charge in [0.1, 0.15) is 0 Å². The number of amides is 1. The fourth-order valence-corrected chi connectivity index (χ4v) is 4.00. The molecule has 1 aliphatic rings. The highest BCUT2D eigenvalue weighted by Gasteiger charge is 2.25. The van der Waals surface area contributed by atoms with E-state index in [4.69, 9.17) is 16.7 Å². The molecular formula is C18H20ClN3O3S. The molecule has 1 aliphatic heterocycles. The summed E-state index contributed by atoms with van der Waals surface area (Å²) in [6.45, 7) is 3.46. The summed E-state index contributed by atoms with van der Waals surface area (Å²) in [4.78, 5) is 30.8. The van der Waals surface area contributed by atoms with Crippen LogP contribution in [-0.4, -0.2) is 46.5 Å². The van der Waals surface area contributed by atoms with Crippen LogP contribution in [0.3, 0.4) is 0 Å². The van der Waals surface area contributed by atoms with Crippen LogP contribution in [-0.2, 0) is 9.59 Å². The third-order valence-corrected chi connectivity index (χ3v) is 5.60. The van der Waals surface area contributed by atoms with Crippen molar-refractivity contribution < 1.29 is 14.7 Å². The standard InChI is InChI=1S/C18H20ClN3O3S/c1-11-16(12-2-4-14(19)5-3-12)21-18(26-11)20-15(23)10-22-8-6-13(7-9-22)17(24)25/h2-5,13H,6-10H2,1H3,(H,24,25)(H,20,21,23). The van der Waals surface area contributed by atoms with Gasteiger partial charge >= 0.3 is 5.97 Å². The normalized spacial score (nSPS) is 15.8. The molecule has 2 aromatic rings. The Bertz CT molecular complexity index is 799. The van der Waals surface area contributed by atoms with E-state index < -0.39 is 5.97 Å². The Morgan fingerprint density at radius 3 is 2.58 bits per heavy atom. The molecule has 0 aliphatic carbocycles. The van der Waals surface area contributed by atoms with Crippen LogP contribution in [0, 0.1) is 12.8 Å². The number of carboxylic acid groups (broad SMARTS) is 1. The highest BCUT2D eigenvalue weighted by molar-refractivity contribution is 7.16. The minimum absolute atomic E-state index is 0.129. The average molecular weight is 394 g/mol. The first-order valence-electron chi connectivity index (χ1n) is 8.41. The largest absolute Gasteiger partial charge is 0.481 e. The molecule has 26 heavy (non-hydrogen) atoms. The molecule has 3 rings (SSSR count). The minimum atomic E-state index is -0.748. The maximum absolute atomic E-state index is 12.3. The van der Waals surface area contributed by atoms with E-state index in [2.05, 4.69) is 10.3 Å². The summed E-state index contributed by atoms with van der Waals surface area (Å²) >= 11 is 7.36. The first-order chi connectivity index (χ1) is 12.4. The predicted molar refractivity (Wildman–Crippen MR) is 103 cm³/mol. The number of piperidine rings is 1. The first-order valence-corrected chi connectivity index (χ1v) is 9.60. The highest BCUT2D eigenvalue weighted by Crippen LogP contribution is 2.31. The number of halogens is 1. The van der Waals surface area contributed by atoms with Gasteiger partial charge in [-0.25, -0.2) is 4.98 Å². The number of nitrogens with zero attached hydrogens (tertiary/aromatic N) is 2. The molecule has 0 spiro atoms. The number of carbonyl (C=O) groups excluding carboxylic acids is 1. The van der Waals surface area contributed by atoms with E-state index in [9.17, 15) is 9.59 Å². The van der Waals surface area contributed by atoms with Gasteiger partial charge in [-0.3, -0.25) is 14.5 Å². The molecule has 1 saturated heterocycles. The fraction of sp³-hybridized carbons (Fsp3) is 0.389. The zero-order valence-corrected chi connectivity index (χ0v) is 15.9. The van der Waals surface area contributed by atoms with Crippen molar-refractivity contribution in [1.29, 1.82) is 0 Å². The second-order valence-corrected chi connectivity index (χ2v) is 8.01. The molecule has 0 saturated carbocycles. The van der Waals surface area contributed by atoms with E-state index in [0.717, 1.165) is 16.1 Å². The summed E-state index contributed by atoms with van der Waals surface area (Å²) in [6, 6.07) is 7.44. The van der Waals surface area contributed by atoms with E-state index in [1.165, 1.54) is 11.3 Å². The number of likely N-dealkylation sites (tertiary alicyclic amines) is 1. The van der Waals surface area contributed by atoms with Gasteiger partial charge in [0.25, 0.3) is 0 Å². The summed E-state index contributed by atoms with van der Waals surface area (Å²) in [5, 5.41) is 13.1. The lowest BCUT2D eigenvalue weighted by atomic mass is 9.97. The maximum Gasteiger partial charge on any atom is 0.306 e. The molecule has 2 heterocycles. The molecule has 0 radical (unpaired) electrons. The number of aliphatic carboxylic acids is 1. The Balaban J connectivity index is 1.58. The van der Waals surface area contributed by atoms with Crippen LogP contribution in [0.2, 0.25) is 5.02 Å². The maximum atomic E-state index is 12.3. The second kappa shape index (κ2) is 8.16. The Hall–Kier alpha value is -1.96. The van der Waals surface area contributed by atoms with Gasteiger partial charge in [-0.1, -0.05) is 23.7 Å². The van der Waals surface area contributed by atoms with Gasteiger partial charge in [0.05, 0.1) is 18.2 Å². The number of benzene rings is 1. The molecule has 0 bridgehead atoms. The summed E-state index contributed by atoms with van der Waals surface area (Å²) in [7, 11) is 0. The molecule has 1 aromatic carbocycles. The number of aromatic nitrogens is 1. The van der Waals surface area contributed by atoms with E-state index in [1.54, 1.807) is 0 Å². The summed E-state index contributed by atoms with van der Waals surface area (Å²) in [6.07, 6.45) is 1.17. The van der Waals surface area contributed by atoms with E-state index in [1.807, 2.05) is 36.1 Å². The van der Waals surface area contributed by atoms with Gasteiger partial charge in [-0.05, 0) is 45.0 Å². The van der Waals surface area contributed by atoms with Gasteiger partial charge in [0.2, 0.25) is 5.91 Å². The van der Waals surface area contributed by atoms with Gasteiger partial charge in [0.15, 0.2) is 5.13 Å². The average Bonchev–Trinajstić information content (AvgIpc) is 2.96. The van der Waals surface area contributed by atoms with E-state index in [-0.39, 0.29) is 18.4 Å². The molecule has 138 valence electrons. The quantitative estimate of drug-likeness (QED) is 0.812. The molecule has 6 nitrogen and oxygen atoms in total. The Kier molecular flexibility index (Phi) is 5.90. The van der Waals surface area contributed by atoms with Crippen LogP contribution >= 0.6 is 22.9 Å². The molecule has 8 heteroatoms. The van der Waals surface area contributed by atoms with Gasteiger partial charge in [-0.2, -0.15) is 0 Å². The van der Waals surface area contributed by atoms with Crippen LogP contribution in [0.1, 0.15) is 17.7 Å². The molecular weight excluding hydrogens is 374 g/mol. The molecule has 1 aromatic heterocycles. The number of rotatable bonds is 5. The van der Waals surface area contributed by atoms with Crippen molar-refractivity contribution in [3.8, 4) is 11.3 Å². The molecule has 1 fully saturated rings. The van der Waals surface area contributed by atoms with Crippen molar-refractivity contribution in [2.24, 2.45) is 5.92 Å². The highest BCUT2D eigenvalue weighted by atomic mass is 35.5. The summed E-state index contributed by atoms with van der Waals surface area (Å²) in [5.41, 5.74) is 1.80. The van der Waals surface area contributed by atoms with Crippen molar-refractivity contribution in [2.75, 3.05) is 25.0 Å². The summed E-state index contributed by atoms with van der Waals surface area (Å²) in [5.74, 6) is -1.17. The molecule has 2 N–H and O–H groups in total. The van der Waals surface area contributed by atoms with Gasteiger partial charge in [0, 0.05) is 15.5 Å². The lowest BCUT2D eigenvalue weighted by molar-refractivity contribution is -0.143. The number of aryl methyl sites for hydroxylation is 1. The fourth-order valence-electron chi connectivity index (χ4n) is 3.03. The van der Waals surface area contributed by atoms with Crippen molar-refractivity contribution in [1.82, 2.24) is 9.88 Å². The van der Waals surface area contributed by atoms with Crippen LogP contribution in [0.15, 0.2) is 24.3 Å². The third kappa shape index (κ3) is 4.60. The van der Waals surface area contributed by atoms with E-state index in [0.29, 0.717) is 36.1 Å². The Morgan fingerprint density at radius 2 is 1.96 bits per heavy atom. The number of carboxylic acids is 1. The number of hydrogen-bond acceptors (Lipinski definition) is 5. The SMILES string of the molecule is Cc1sc(NC(=O)CN2CCC(C(=O)O)CC2)nc1-c1ccc(Cl)cc1. The van der Waals surface area contributed by atoms with Gasteiger partial charge < -0.3 is 10.4 Å². The van der Waals surface area contributed by atoms with Gasteiger partial charge in [-0.15, -0.1) is 11.3 Å². The lowest BCUT2D eigenvalue weighted by Gasteiger charge is -2.29. The Morgan fingerprint density at radius 1 is 1.31 bits per heavy atom. The zero-order valence-electron chi connectivity index (χ0n) is 14.4. The number of hydrogen-bond donors (Lipinski definition) is 2.